The number of nitrogens with zero attached hydrogens (tertiary/aromatic N) is 1. The van der Waals surface area contributed by atoms with E-state index in [-0.39, 0.29) is 11.6 Å². The number of esters is 1. The van der Waals surface area contributed by atoms with Gasteiger partial charge in [0.25, 0.3) is 5.91 Å². The molecule has 0 fully saturated rings. The molecule has 0 saturated carbocycles. The molecule has 1 atom stereocenters. The van der Waals surface area contributed by atoms with Crippen LogP contribution in [0.15, 0.2) is 36.5 Å². The minimum Gasteiger partial charge on any atom is -0.452 e. The van der Waals surface area contributed by atoms with Gasteiger partial charge in [0, 0.05) is 6.20 Å². The molecule has 1 aromatic heterocycles. The van der Waals surface area contributed by atoms with Gasteiger partial charge in [-0.25, -0.2) is 4.98 Å². The fraction of sp³-hybridized carbons (Fsp3) is 0.350. The minimum atomic E-state index is -0.920. The van der Waals surface area contributed by atoms with Crippen LogP contribution in [0.5, 0.6) is 0 Å². The highest BCUT2D eigenvalue weighted by atomic mass is 35.5. The largest absolute Gasteiger partial charge is 0.452 e. The monoisotopic (exact) mass is 372 g/mol. The molecule has 5 nitrogen and oxygen atoms in total. The van der Waals surface area contributed by atoms with Crippen LogP contribution in [-0.4, -0.2) is 23.0 Å². The number of rotatable bonds is 5. The number of ether oxygens (including phenoxy) is 1. The third-order valence-corrected chi connectivity index (χ3v) is 4.76. The lowest BCUT2D eigenvalue weighted by Crippen LogP contribution is -2.30. The van der Waals surface area contributed by atoms with E-state index in [0.717, 1.165) is 18.4 Å². The van der Waals surface area contributed by atoms with Crippen LogP contribution in [-0.2, 0) is 33.6 Å². The fourth-order valence-corrected chi connectivity index (χ4v) is 3.24. The number of pyridine rings is 1. The summed E-state index contributed by atoms with van der Waals surface area (Å²) in [5, 5.41) is 2.80. The molecule has 0 saturated heterocycles. The van der Waals surface area contributed by atoms with Crippen molar-refractivity contribution >= 4 is 29.2 Å². The number of fused-ring (bicyclic) bond motifs is 1. The first-order valence-electron chi connectivity index (χ1n) is 8.74. The lowest BCUT2D eigenvalue weighted by atomic mass is 9.90. The van der Waals surface area contributed by atoms with Crippen LogP contribution < -0.4 is 5.32 Å². The highest BCUT2D eigenvalue weighted by Gasteiger charge is 2.19. The van der Waals surface area contributed by atoms with E-state index in [9.17, 15) is 9.59 Å². The Balaban J connectivity index is 1.55. The summed E-state index contributed by atoms with van der Waals surface area (Å²) < 4.78 is 5.26. The Labute approximate surface area is 157 Å². The summed E-state index contributed by atoms with van der Waals surface area (Å²) in [4.78, 5) is 28.2. The lowest BCUT2D eigenvalue weighted by Gasteiger charge is -2.17. The van der Waals surface area contributed by atoms with Gasteiger partial charge in [-0.05, 0) is 61.4 Å². The first kappa shape index (κ1) is 18.4. The maximum absolute atomic E-state index is 12.2. The third-order valence-electron chi connectivity index (χ3n) is 4.46. The Morgan fingerprint density at radius 2 is 2.00 bits per heavy atom. The summed E-state index contributed by atoms with van der Waals surface area (Å²) in [6, 6.07) is 9.43. The number of hydrogen-bond donors (Lipinski definition) is 1. The van der Waals surface area contributed by atoms with E-state index in [2.05, 4.69) is 22.4 Å². The van der Waals surface area contributed by atoms with Crippen LogP contribution in [0.4, 0.5) is 5.69 Å². The molecule has 1 aliphatic rings. The Bertz CT molecular complexity index is 822. The zero-order valence-electron chi connectivity index (χ0n) is 14.6. The van der Waals surface area contributed by atoms with E-state index in [1.165, 1.54) is 37.1 Å². The second-order valence-electron chi connectivity index (χ2n) is 6.45. The summed E-state index contributed by atoms with van der Waals surface area (Å²) in [7, 11) is 0. The molecule has 1 aliphatic carbocycles. The van der Waals surface area contributed by atoms with E-state index < -0.39 is 18.0 Å². The average Bonchev–Trinajstić information content (AvgIpc) is 2.63. The van der Waals surface area contributed by atoms with Gasteiger partial charge in [0.1, 0.15) is 0 Å². The summed E-state index contributed by atoms with van der Waals surface area (Å²) in [6.45, 7) is 1.53. The average molecular weight is 373 g/mol. The summed E-state index contributed by atoms with van der Waals surface area (Å²) >= 11 is 5.91. The first-order chi connectivity index (χ1) is 12.5. The van der Waals surface area contributed by atoms with E-state index in [4.69, 9.17) is 16.3 Å². The van der Waals surface area contributed by atoms with Gasteiger partial charge in [-0.3, -0.25) is 9.59 Å². The molecule has 0 radical (unpaired) electrons. The Morgan fingerprint density at radius 1 is 1.23 bits per heavy atom. The van der Waals surface area contributed by atoms with Gasteiger partial charge >= 0.3 is 5.97 Å². The Morgan fingerprint density at radius 3 is 2.77 bits per heavy atom. The topological polar surface area (TPSA) is 68.3 Å². The van der Waals surface area contributed by atoms with Crippen molar-refractivity contribution in [3.8, 4) is 0 Å². The molecule has 0 spiro atoms. The van der Waals surface area contributed by atoms with E-state index in [1.54, 1.807) is 12.1 Å². The fourth-order valence-electron chi connectivity index (χ4n) is 3.07. The standard InChI is InChI=1S/C20H21ClN2O3/c1-13(20(25)23-17-7-4-10-22-19(17)21)26-18(24)12-14-8-9-15-5-2-3-6-16(15)11-14/h4,7-11,13H,2-3,5-6,12H2,1H3,(H,23,25)/t13-/m0/s1. The second-order valence-corrected chi connectivity index (χ2v) is 6.81. The van der Waals surface area contributed by atoms with Crippen molar-refractivity contribution in [1.82, 2.24) is 4.98 Å². The molecule has 26 heavy (non-hydrogen) atoms. The summed E-state index contributed by atoms with van der Waals surface area (Å²) in [5.74, 6) is -0.876. The smallest absolute Gasteiger partial charge is 0.311 e. The summed E-state index contributed by atoms with van der Waals surface area (Å²) in [5.41, 5.74) is 3.99. The number of aryl methyl sites for hydroxylation is 2. The molecule has 1 aromatic carbocycles. The molecule has 1 amide bonds. The van der Waals surface area contributed by atoms with Gasteiger partial charge in [-0.15, -0.1) is 0 Å². The van der Waals surface area contributed by atoms with Gasteiger partial charge in [-0.1, -0.05) is 29.8 Å². The van der Waals surface area contributed by atoms with Crippen molar-refractivity contribution < 1.29 is 14.3 Å². The number of carbonyl (C=O) groups is 2. The van der Waals surface area contributed by atoms with Gasteiger partial charge in [0.05, 0.1) is 12.1 Å². The molecule has 0 bridgehead atoms. The molecule has 3 rings (SSSR count). The first-order valence-corrected chi connectivity index (χ1v) is 9.12. The SMILES string of the molecule is C[C@H](OC(=O)Cc1ccc2c(c1)CCCC2)C(=O)Nc1cccnc1Cl. The van der Waals surface area contributed by atoms with Crippen molar-refractivity contribution in [1.29, 1.82) is 0 Å². The van der Waals surface area contributed by atoms with Crippen molar-refractivity contribution in [3.05, 3.63) is 58.4 Å². The highest BCUT2D eigenvalue weighted by molar-refractivity contribution is 6.32. The van der Waals surface area contributed by atoms with Crippen LogP contribution in [0.1, 0.15) is 36.5 Å². The number of halogens is 1. The number of benzene rings is 1. The maximum Gasteiger partial charge on any atom is 0.311 e. The predicted octanol–water partition coefficient (Wildman–Crippen LogP) is 3.73. The number of aromatic nitrogens is 1. The molecule has 0 unspecified atom stereocenters. The van der Waals surface area contributed by atoms with Gasteiger partial charge < -0.3 is 10.1 Å². The van der Waals surface area contributed by atoms with Crippen molar-refractivity contribution in [3.63, 3.8) is 0 Å². The molecular formula is C20H21ClN2O3. The molecule has 1 heterocycles. The molecule has 1 N–H and O–H groups in total. The second kappa shape index (κ2) is 8.32. The molecule has 136 valence electrons. The van der Waals surface area contributed by atoms with Gasteiger partial charge in [0.2, 0.25) is 0 Å². The Hall–Kier alpha value is -2.40. The van der Waals surface area contributed by atoms with Crippen molar-refractivity contribution in [2.24, 2.45) is 0 Å². The quantitative estimate of drug-likeness (QED) is 0.641. The predicted molar refractivity (Wildman–Crippen MR) is 100 cm³/mol. The highest BCUT2D eigenvalue weighted by Crippen LogP contribution is 2.22. The number of amides is 1. The number of anilines is 1. The molecular weight excluding hydrogens is 352 g/mol. The normalized spacial score (nSPS) is 14.2. The lowest BCUT2D eigenvalue weighted by molar-refractivity contribution is -0.152. The zero-order chi connectivity index (χ0) is 18.5. The van der Waals surface area contributed by atoms with E-state index >= 15 is 0 Å². The molecule has 6 heteroatoms. The third kappa shape index (κ3) is 4.61. The number of carbonyl (C=O) groups excluding carboxylic acids is 2. The van der Waals surface area contributed by atoms with Gasteiger partial charge in [-0.2, -0.15) is 0 Å². The molecule has 2 aromatic rings. The van der Waals surface area contributed by atoms with Crippen LogP contribution >= 0.6 is 11.6 Å². The zero-order valence-corrected chi connectivity index (χ0v) is 15.4. The maximum atomic E-state index is 12.2. The van der Waals surface area contributed by atoms with E-state index in [0.29, 0.717) is 5.69 Å². The van der Waals surface area contributed by atoms with Crippen LogP contribution in [0.25, 0.3) is 0 Å². The van der Waals surface area contributed by atoms with E-state index in [1.807, 2.05) is 6.07 Å². The van der Waals surface area contributed by atoms with Crippen LogP contribution in [0.3, 0.4) is 0 Å². The van der Waals surface area contributed by atoms with Crippen LogP contribution in [0, 0.1) is 0 Å². The van der Waals surface area contributed by atoms with Gasteiger partial charge in [0.15, 0.2) is 11.3 Å². The van der Waals surface area contributed by atoms with Crippen LogP contribution in [0.2, 0.25) is 5.15 Å². The minimum absolute atomic E-state index is 0.151. The number of hydrogen-bond acceptors (Lipinski definition) is 4. The summed E-state index contributed by atoms with van der Waals surface area (Å²) in [6.07, 6.45) is 5.34. The number of nitrogens with one attached hydrogen (secondary N) is 1. The Kier molecular flexibility index (Phi) is 5.89. The van der Waals surface area contributed by atoms with Crippen molar-refractivity contribution in [2.75, 3.05) is 5.32 Å². The molecule has 0 aliphatic heterocycles. The van der Waals surface area contributed by atoms with Crippen molar-refractivity contribution in [2.45, 2.75) is 45.1 Å².